The summed E-state index contributed by atoms with van der Waals surface area (Å²) in [7, 11) is 0. The number of rotatable bonds is 1. The highest BCUT2D eigenvalue weighted by Crippen LogP contribution is 2.11. The molecule has 0 radical (unpaired) electrons. The van der Waals surface area contributed by atoms with Crippen molar-refractivity contribution in [3.8, 4) is 11.8 Å². The zero-order valence-corrected chi connectivity index (χ0v) is 7.43. The minimum absolute atomic E-state index is 0.241. The van der Waals surface area contributed by atoms with Crippen molar-refractivity contribution in [1.29, 1.82) is 0 Å². The molecule has 0 spiro atoms. The van der Waals surface area contributed by atoms with Crippen LogP contribution >= 0.6 is 11.3 Å². The van der Waals surface area contributed by atoms with Gasteiger partial charge in [-0.25, -0.2) is 0 Å². The number of nitrogens with zero attached hydrogens (tertiary/aromatic N) is 3. The Morgan fingerprint density at radius 2 is 2.58 bits per heavy atom. The Morgan fingerprint density at radius 3 is 3.17 bits per heavy atom. The third kappa shape index (κ3) is 2.67. The van der Waals surface area contributed by atoms with Gasteiger partial charge in [0.15, 0.2) is 0 Å². The lowest BCUT2D eigenvalue weighted by Crippen LogP contribution is -1.69. The predicted molar refractivity (Wildman–Crippen MR) is 49.9 cm³/mol. The van der Waals surface area contributed by atoms with Gasteiger partial charge >= 0.3 is 0 Å². The normalized spacial score (nSPS) is 8.08. The number of hydrogen-bond donors (Lipinski definition) is 0. The van der Waals surface area contributed by atoms with E-state index >= 15 is 0 Å². The summed E-state index contributed by atoms with van der Waals surface area (Å²) in [5.74, 6) is 5.65. The second kappa shape index (κ2) is 4.45. The van der Waals surface area contributed by atoms with Crippen LogP contribution in [0.1, 0.15) is 10.4 Å². The van der Waals surface area contributed by atoms with Crippen LogP contribution in [-0.2, 0) is 0 Å². The number of aryl methyl sites for hydroxylation is 1. The first-order valence-corrected chi connectivity index (χ1v) is 4.26. The lowest BCUT2D eigenvalue weighted by atomic mass is 10.3. The SMILES string of the molecule is Cc1cc(C#CCN=[N+]=[N-])cs1. The van der Waals surface area contributed by atoms with Gasteiger partial charge in [-0.3, -0.25) is 0 Å². The van der Waals surface area contributed by atoms with Gasteiger partial charge in [0, 0.05) is 20.7 Å². The molecule has 12 heavy (non-hydrogen) atoms. The van der Waals surface area contributed by atoms with Crippen molar-refractivity contribution in [2.45, 2.75) is 6.92 Å². The molecule has 0 unspecified atom stereocenters. The predicted octanol–water partition coefficient (Wildman–Crippen LogP) is 2.72. The molecule has 0 aliphatic rings. The standard InChI is InChI=1S/C8H7N3S/c1-7-5-8(6-12-7)3-2-4-10-11-9/h5-6H,4H2,1H3. The van der Waals surface area contributed by atoms with Crippen LogP contribution < -0.4 is 0 Å². The minimum Gasteiger partial charge on any atom is -0.148 e. The van der Waals surface area contributed by atoms with Crippen molar-refractivity contribution in [3.05, 3.63) is 32.3 Å². The Balaban J connectivity index is 2.60. The Hall–Kier alpha value is -1.43. The third-order valence-electron chi connectivity index (χ3n) is 1.18. The van der Waals surface area contributed by atoms with Crippen molar-refractivity contribution < 1.29 is 0 Å². The van der Waals surface area contributed by atoms with E-state index in [0.29, 0.717) is 0 Å². The summed E-state index contributed by atoms with van der Waals surface area (Å²) in [5, 5.41) is 5.29. The van der Waals surface area contributed by atoms with Crippen LogP contribution in [0.2, 0.25) is 0 Å². The van der Waals surface area contributed by atoms with Crippen LogP contribution in [0.5, 0.6) is 0 Å². The van der Waals surface area contributed by atoms with E-state index in [1.54, 1.807) is 11.3 Å². The Labute approximate surface area is 74.7 Å². The largest absolute Gasteiger partial charge is 0.148 e. The zero-order chi connectivity index (χ0) is 8.81. The quantitative estimate of drug-likeness (QED) is 0.274. The highest BCUT2D eigenvalue weighted by Gasteiger charge is 1.88. The van der Waals surface area contributed by atoms with E-state index in [9.17, 15) is 0 Å². The lowest BCUT2D eigenvalue weighted by Gasteiger charge is -1.75. The highest BCUT2D eigenvalue weighted by molar-refractivity contribution is 7.10. The average Bonchev–Trinajstić information content (AvgIpc) is 2.45. The molecular weight excluding hydrogens is 170 g/mol. The molecule has 0 N–H and O–H groups in total. The maximum Gasteiger partial charge on any atom is 0.0880 e. The Morgan fingerprint density at radius 1 is 1.75 bits per heavy atom. The van der Waals surface area contributed by atoms with E-state index in [0.717, 1.165) is 5.56 Å². The van der Waals surface area contributed by atoms with Gasteiger partial charge in [-0.15, -0.1) is 11.3 Å². The number of thiophene rings is 1. The smallest absolute Gasteiger partial charge is 0.0880 e. The molecule has 0 atom stereocenters. The van der Waals surface area contributed by atoms with Gasteiger partial charge in [-0.2, -0.15) is 0 Å². The van der Waals surface area contributed by atoms with Crippen molar-refractivity contribution in [1.82, 2.24) is 0 Å². The Bertz CT molecular complexity index is 363. The fraction of sp³-hybridized carbons (Fsp3) is 0.250. The fourth-order valence-corrected chi connectivity index (χ4v) is 1.35. The number of azide groups is 1. The van der Waals surface area contributed by atoms with Crippen LogP contribution in [0.25, 0.3) is 10.4 Å². The fourth-order valence-electron chi connectivity index (χ4n) is 0.718. The summed E-state index contributed by atoms with van der Waals surface area (Å²) >= 11 is 1.66. The summed E-state index contributed by atoms with van der Waals surface area (Å²) in [6.45, 7) is 2.27. The van der Waals surface area contributed by atoms with E-state index in [-0.39, 0.29) is 6.54 Å². The first-order valence-electron chi connectivity index (χ1n) is 3.38. The molecule has 1 rings (SSSR count). The summed E-state index contributed by atoms with van der Waals surface area (Å²) in [4.78, 5) is 3.84. The first-order chi connectivity index (χ1) is 5.83. The number of hydrogen-bond acceptors (Lipinski definition) is 2. The summed E-state index contributed by atoms with van der Waals surface area (Å²) in [5.41, 5.74) is 8.95. The van der Waals surface area contributed by atoms with Gasteiger partial charge in [-0.1, -0.05) is 17.0 Å². The van der Waals surface area contributed by atoms with Gasteiger partial charge in [-0.05, 0) is 18.5 Å². The summed E-state index contributed by atoms with van der Waals surface area (Å²) in [6, 6.07) is 2.01. The molecule has 0 amide bonds. The minimum atomic E-state index is 0.241. The molecule has 0 bridgehead atoms. The molecule has 0 aromatic carbocycles. The van der Waals surface area contributed by atoms with Gasteiger partial charge in [0.2, 0.25) is 0 Å². The molecule has 3 nitrogen and oxygen atoms in total. The van der Waals surface area contributed by atoms with Crippen LogP contribution in [0.3, 0.4) is 0 Å². The maximum absolute atomic E-state index is 7.96. The Kier molecular flexibility index (Phi) is 3.21. The monoisotopic (exact) mass is 177 g/mol. The van der Waals surface area contributed by atoms with E-state index < -0.39 is 0 Å². The molecular formula is C8H7N3S. The second-order valence-electron chi connectivity index (χ2n) is 2.14. The maximum atomic E-state index is 7.96. The van der Waals surface area contributed by atoms with Crippen molar-refractivity contribution in [2.24, 2.45) is 5.11 Å². The lowest BCUT2D eigenvalue weighted by molar-refractivity contribution is 1.25. The van der Waals surface area contributed by atoms with Crippen LogP contribution in [-0.4, -0.2) is 6.54 Å². The van der Waals surface area contributed by atoms with Gasteiger partial charge < -0.3 is 0 Å². The molecule has 0 aliphatic heterocycles. The molecule has 1 aromatic rings. The van der Waals surface area contributed by atoms with Crippen molar-refractivity contribution >= 4 is 11.3 Å². The van der Waals surface area contributed by atoms with Crippen LogP contribution in [0.15, 0.2) is 16.6 Å². The van der Waals surface area contributed by atoms with Gasteiger partial charge in [0.1, 0.15) is 0 Å². The van der Waals surface area contributed by atoms with E-state index in [1.807, 2.05) is 18.4 Å². The molecule has 60 valence electrons. The summed E-state index contributed by atoms with van der Waals surface area (Å²) in [6.07, 6.45) is 0. The van der Waals surface area contributed by atoms with Crippen molar-refractivity contribution in [2.75, 3.05) is 6.54 Å². The van der Waals surface area contributed by atoms with E-state index in [4.69, 9.17) is 5.53 Å². The molecule has 4 heteroatoms. The molecule has 0 aliphatic carbocycles. The van der Waals surface area contributed by atoms with Crippen molar-refractivity contribution in [3.63, 3.8) is 0 Å². The molecule has 1 heterocycles. The topological polar surface area (TPSA) is 48.8 Å². The van der Waals surface area contributed by atoms with E-state index in [1.165, 1.54) is 4.88 Å². The molecule has 0 saturated carbocycles. The zero-order valence-electron chi connectivity index (χ0n) is 6.61. The van der Waals surface area contributed by atoms with Gasteiger partial charge in [0.05, 0.1) is 6.54 Å². The average molecular weight is 177 g/mol. The first kappa shape index (κ1) is 8.66. The molecule has 0 fully saturated rings. The van der Waals surface area contributed by atoms with E-state index in [2.05, 4.69) is 21.9 Å². The molecule has 1 aromatic heterocycles. The van der Waals surface area contributed by atoms with Crippen LogP contribution in [0, 0.1) is 18.8 Å². The van der Waals surface area contributed by atoms with Gasteiger partial charge in [0.25, 0.3) is 0 Å². The summed E-state index contributed by atoms with van der Waals surface area (Å²) < 4.78 is 0. The second-order valence-corrected chi connectivity index (χ2v) is 3.25. The highest BCUT2D eigenvalue weighted by atomic mass is 32.1. The molecule has 0 saturated heterocycles. The van der Waals surface area contributed by atoms with Crippen LogP contribution in [0.4, 0.5) is 0 Å². The third-order valence-corrected chi connectivity index (χ3v) is 2.04.